The summed E-state index contributed by atoms with van der Waals surface area (Å²) in [4.78, 5) is 13.4. The summed E-state index contributed by atoms with van der Waals surface area (Å²) in [5.74, 6) is 0. The summed E-state index contributed by atoms with van der Waals surface area (Å²) in [7, 11) is 0. The van der Waals surface area contributed by atoms with Crippen LogP contribution in [0.3, 0.4) is 0 Å². The van der Waals surface area contributed by atoms with Gasteiger partial charge in [-0.2, -0.15) is 0 Å². The molecule has 2 N–H and O–H groups in total. The van der Waals surface area contributed by atoms with Gasteiger partial charge < -0.3 is 19.8 Å². The van der Waals surface area contributed by atoms with Crippen LogP contribution < -0.4 is 0 Å². The fourth-order valence-corrected chi connectivity index (χ4v) is 1.84. The molecule has 0 bridgehead atoms. The first-order valence-electron chi connectivity index (χ1n) is 6.25. The Bertz CT molecular complexity index is 311. The molecule has 0 aromatic carbocycles. The lowest BCUT2D eigenvalue weighted by Crippen LogP contribution is -2.47. The largest absolute Gasteiger partial charge is 0.444 e. The molecule has 1 rings (SSSR count). The molecule has 1 amide bonds. The van der Waals surface area contributed by atoms with E-state index in [4.69, 9.17) is 9.84 Å². The number of ether oxygens (including phenoxy) is 1. The molecule has 1 aliphatic rings. The minimum atomic E-state index is -0.915. The van der Waals surface area contributed by atoms with Gasteiger partial charge >= 0.3 is 6.09 Å². The number of carbonyl (C=O) groups excluding carboxylic acids is 1. The Balaban J connectivity index is 2.49. The summed E-state index contributed by atoms with van der Waals surface area (Å²) in [6.45, 7) is 6.32. The van der Waals surface area contributed by atoms with Gasteiger partial charge in [0.2, 0.25) is 0 Å². The number of aliphatic hydroxyl groups is 2. The molecule has 1 aliphatic heterocycles. The highest BCUT2D eigenvalue weighted by atomic mass is 16.6. The van der Waals surface area contributed by atoms with E-state index in [0.29, 0.717) is 25.9 Å². The van der Waals surface area contributed by atoms with E-state index in [1.165, 1.54) is 6.08 Å². The third-order valence-corrected chi connectivity index (χ3v) is 2.81. The average molecular weight is 257 g/mol. The number of hydrogen-bond donors (Lipinski definition) is 2. The molecule has 18 heavy (non-hydrogen) atoms. The molecule has 1 fully saturated rings. The van der Waals surface area contributed by atoms with Crippen LogP contribution in [-0.2, 0) is 4.74 Å². The van der Waals surface area contributed by atoms with E-state index in [9.17, 15) is 9.90 Å². The van der Waals surface area contributed by atoms with E-state index in [2.05, 4.69) is 0 Å². The number of carbonyl (C=O) groups is 1. The van der Waals surface area contributed by atoms with E-state index < -0.39 is 11.2 Å². The van der Waals surface area contributed by atoms with Gasteiger partial charge in [-0.3, -0.25) is 0 Å². The normalized spacial score (nSPS) is 20.2. The molecule has 0 spiro atoms. The minimum Gasteiger partial charge on any atom is -0.444 e. The first kappa shape index (κ1) is 15.0. The second kappa shape index (κ2) is 5.71. The predicted molar refractivity (Wildman–Crippen MR) is 68.2 cm³/mol. The highest BCUT2D eigenvalue weighted by Crippen LogP contribution is 2.24. The lowest BCUT2D eigenvalue weighted by molar-refractivity contribution is -0.00875. The Morgan fingerprint density at radius 2 is 1.94 bits per heavy atom. The van der Waals surface area contributed by atoms with Gasteiger partial charge in [0.05, 0.1) is 12.2 Å². The van der Waals surface area contributed by atoms with Crippen LogP contribution in [0.5, 0.6) is 0 Å². The van der Waals surface area contributed by atoms with Crippen LogP contribution in [0, 0.1) is 0 Å². The molecular weight excluding hydrogens is 234 g/mol. The Morgan fingerprint density at radius 1 is 1.39 bits per heavy atom. The van der Waals surface area contributed by atoms with Crippen molar-refractivity contribution in [1.82, 2.24) is 4.90 Å². The van der Waals surface area contributed by atoms with Gasteiger partial charge in [-0.1, -0.05) is 12.2 Å². The smallest absolute Gasteiger partial charge is 0.410 e. The molecular formula is C13H23NO4. The second-order valence-corrected chi connectivity index (χ2v) is 5.66. The molecule has 0 aliphatic carbocycles. The van der Waals surface area contributed by atoms with E-state index in [1.807, 2.05) is 20.8 Å². The highest BCUT2D eigenvalue weighted by Gasteiger charge is 2.33. The predicted octanol–water partition coefficient (Wildman–Crippen LogP) is 1.30. The maximum Gasteiger partial charge on any atom is 0.410 e. The lowest BCUT2D eigenvalue weighted by atomic mass is 9.91. The third kappa shape index (κ3) is 4.66. The van der Waals surface area contributed by atoms with Crippen molar-refractivity contribution in [1.29, 1.82) is 0 Å². The van der Waals surface area contributed by atoms with E-state index in [1.54, 1.807) is 11.0 Å². The SMILES string of the molecule is CC(C)(C)OC(=O)N1CCC(O)(/C=C/CO)CC1. The van der Waals surface area contributed by atoms with Gasteiger partial charge in [-0.05, 0) is 33.6 Å². The Kier molecular flexibility index (Phi) is 4.76. The van der Waals surface area contributed by atoms with Crippen molar-refractivity contribution < 1.29 is 19.7 Å². The second-order valence-electron chi connectivity index (χ2n) is 5.66. The van der Waals surface area contributed by atoms with Crippen molar-refractivity contribution in [2.24, 2.45) is 0 Å². The zero-order chi connectivity index (χ0) is 13.8. The number of aliphatic hydroxyl groups excluding tert-OH is 1. The summed E-state index contributed by atoms with van der Waals surface area (Å²) in [5, 5.41) is 18.9. The molecule has 0 aromatic rings. The summed E-state index contributed by atoms with van der Waals surface area (Å²) in [6, 6.07) is 0. The fourth-order valence-electron chi connectivity index (χ4n) is 1.84. The first-order valence-corrected chi connectivity index (χ1v) is 6.25. The zero-order valence-corrected chi connectivity index (χ0v) is 11.3. The number of nitrogens with zero attached hydrogens (tertiary/aromatic N) is 1. The average Bonchev–Trinajstić information content (AvgIpc) is 2.25. The van der Waals surface area contributed by atoms with Crippen molar-refractivity contribution in [3.8, 4) is 0 Å². The molecule has 0 atom stereocenters. The van der Waals surface area contributed by atoms with Crippen LogP contribution >= 0.6 is 0 Å². The molecule has 0 saturated carbocycles. The van der Waals surface area contributed by atoms with Crippen molar-refractivity contribution >= 4 is 6.09 Å². The third-order valence-electron chi connectivity index (χ3n) is 2.81. The maximum atomic E-state index is 11.8. The standard InChI is InChI=1S/C13H23NO4/c1-12(2,3)18-11(16)14-8-6-13(17,7-9-14)5-4-10-15/h4-5,15,17H,6-10H2,1-3H3/b5-4+. The van der Waals surface area contributed by atoms with Crippen molar-refractivity contribution in [3.63, 3.8) is 0 Å². The first-order chi connectivity index (χ1) is 8.26. The van der Waals surface area contributed by atoms with Crippen LogP contribution in [0.15, 0.2) is 12.2 Å². The number of rotatable bonds is 2. The van der Waals surface area contributed by atoms with Gasteiger partial charge in [0, 0.05) is 13.1 Å². The monoisotopic (exact) mass is 257 g/mol. The van der Waals surface area contributed by atoms with Gasteiger partial charge in [0.1, 0.15) is 5.60 Å². The molecule has 5 nitrogen and oxygen atoms in total. The van der Waals surface area contributed by atoms with E-state index in [0.717, 1.165) is 0 Å². The molecule has 1 heterocycles. The van der Waals surface area contributed by atoms with Gasteiger partial charge in [-0.25, -0.2) is 4.79 Å². The van der Waals surface area contributed by atoms with Gasteiger partial charge in [0.25, 0.3) is 0 Å². The molecule has 104 valence electrons. The quantitative estimate of drug-likeness (QED) is 0.731. The number of hydrogen-bond acceptors (Lipinski definition) is 4. The summed E-state index contributed by atoms with van der Waals surface area (Å²) < 4.78 is 5.27. The molecule has 0 aromatic heterocycles. The minimum absolute atomic E-state index is 0.0852. The Hall–Kier alpha value is -1.07. The summed E-state index contributed by atoms with van der Waals surface area (Å²) >= 11 is 0. The summed E-state index contributed by atoms with van der Waals surface area (Å²) in [5.41, 5.74) is -1.41. The van der Waals surface area contributed by atoms with Crippen LogP contribution in [0.25, 0.3) is 0 Å². The van der Waals surface area contributed by atoms with Crippen molar-refractivity contribution in [2.75, 3.05) is 19.7 Å². The van der Waals surface area contributed by atoms with Crippen LogP contribution in [0.2, 0.25) is 0 Å². The molecule has 1 saturated heterocycles. The number of piperidine rings is 1. The van der Waals surface area contributed by atoms with Crippen molar-refractivity contribution in [3.05, 3.63) is 12.2 Å². The topological polar surface area (TPSA) is 70.0 Å². The van der Waals surface area contributed by atoms with Crippen LogP contribution in [-0.4, -0.2) is 52.1 Å². The Labute approximate surface area is 108 Å². The van der Waals surface area contributed by atoms with E-state index in [-0.39, 0.29) is 12.7 Å². The highest BCUT2D eigenvalue weighted by molar-refractivity contribution is 5.68. The fraction of sp³-hybridized carbons (Fsp3) is 0.769. The lowest BCUT2D eigenvalue weighted by Gasteiger charge is -2.37. The number of likely N-dealkylation sites (tertiary alicyclic amines) is 1. The van der Waals surface area contributed by atoms with E-state index >= 15 is 0 Å². The van der Waals surface area contributed by atoms with Gasteiger partial charge in [-0.15, -0.1) is 0 Å². The molecule has 0 unspecified atom stereocenters. The van der Waals surface area contributed by atoms with Gasteiger partial charge in [0.15, 0.2) is 0 Å². The molecule has 5 heteroatoms. The molecule has 0 radical (unpaired) electrons. The Morgan fingerprint density at radius 3 is 2.39 bits per heavy atom. The van der Waals surface area contributed by atoms with Crippen LogP contribution in [0.4, 0.5) is 4.79 Å². The maximum absolute atomic E-state index is 11.8. The summed E-state index contributed by atoms with van der Waals surface area (Å²) in [6.07, 6.45) is 3.73. The van der Waals surface area contributed by atoms with Crippen LogP contribution in [0.1, 0.15) is 33.6 Å². The zero-order valence-electron chi connectivity index (χ0n) is 11.3. The van der Waals surface area contributed by atoms with Crippen molar-refractivity contribution in [2.45, 2.75) is 44.8 Å². The number of amides is 1.